The average molecular weight is 457 g/mol. The maximum atomic E-state index is 13.3. The van der Waals surface area contributed by atoms with Gasteiger partial charge in [0.15, 0.2) is 0 Å². The van der Waals surface area contributed by atoms with E-state index < -0.39 is 5.92 Å². The molecule has 2 amide bonds. The van der Waals surface area contributed by atoms with Crippen LogP contribution in [-0.4, -0.2) is 44.0 Å². The Bertz CT molecular complexity index is 985. The van der Waals surface area contributed by atoms with Gasteiger partial charge in [0.2, 0.25) is 11.8 Å². The van der Waals surface area contributed by atoms with Crippen LogP contribution in [0.15, 0.2) is 42.5 Å². The largest absolute Gasteiger partial charge is 0.497 e. The van der Waals surface area contributed by atoms with Gasteiger partial charge in [0.05, 0.1) is 20.1 Å². The first kappa shape index (κ1) is 24.6. The maximum absolute atomic E-state index is 13.3. The van der Waals surface area contributed by atoms with Crippen LogP contribution in [-0.2, 0) is 16.1 Å². The van der Waals surface area contributed by atoms with E-state index >= 15 is 0 Å². The summed E-state index contributed by atoms with van der Waals surface area (Å²) >= 11 is 0. The van der Waals surface area contributed by atoms with Crippen molar-refractivity contribution in [3.8, 4) is 11.5 Å². The predicted octanol–water partition coefficient (Wildman–Crippen LogP) is 4.14. The van der Waals surface area contributed by atoms with E-state index in [1.54, 1.807) is 31.3 Å². The lowest BCUT2D eigenvalue weighted by Crippen LogP contribution is -2.36. The van der Waals surface area contributed by atoms with Gasteiger partial charge >= 0.3 is 0 Å². The Kier molecular flexibility index (Phi) is 7.61. The van der Waals surface area contributed by atoms with Crippen LogP contribution in [0.1, 0.15) is 44.2 Å². The summed E-state index contributed by atoms with van der Waals surface area (Å²) in [6.45, 7) is 7.11. The van der Waals surface area contributed by atoms with Gasteiger partial charge in [-0.3, -0.25) is 9.59 Å². The summed E-state index contributed by atoms with van der Waals surface area (Å²) < 4.78 is 24.2. The Morgan fingerprint density at radius 3 is 2.36 bits per heavy atom. The first-order valence-electron chi connectivity index (χ1n) is 11.1. The minimum atomic E-state index is -0.449. The van der Waals surface area contributed by atoms with E-state index in [2.05, 4.69) is 5.32 Å². The van der Waals surface area contributed by atoms with Gasteiger partial charge in [-0.2, -0.15) is 0 Å². The highest BCUT2D eigenvalue weighted by atomic mass is 19.1. The molecule has 0 spiro atoms. The molecule has 1 aliphatic rings. The normalized spacial score (nSPS) is 18.2. The van der Waals surface area contributed by atoms with Crippen LogP contribution in [0.5, 0.6) is 11.5 Å². The lowest BCUT2D eigenvalue weighted by molar-refractivity contribution is -0.132. The SMILES string of the molecule is COc1ccc(OC)c(C2CN(C(=O)CC(C)(C)C)CC2C(=O)NCc2ccc(F)cc2)c1. The molecule has 1 N–H and O–H groups in total. The molecule has 1 fully saturated rings. The standard InChI is InChI=1S/C26H33FN2O4/c1-26(2,3)13-24(30)29-15-21(20-12-19(32-4)10-11-23(20)33-5)22(16-29)25(31)28-14-17-6-8-18(27)9-7-17/h6-12,21-22H,13-16H2,1-5H3,(H,28,31). The van der Waals surface area contributed by atoms with Crippen LogP contribution < -0.4 is 14.8 Å². The Labute approximate surface area is 195 Å². The highest BCUT2D eigenvalue weighted by Crippen LogP contribution is 2.40. The third kappa shape index (κ3) is 6.24. The molecule has 0 radical (unpaired) electrons. The molecule has 1 heterocycles. The number of nitrogens with one attached hydrogen (secondary N) is 1. The number of amides is 2. The number of carbonyl (C=O) groups is 2. The van der Waals surface area contributed by atoms with Gasteiger partial charge in [-0.25, -0.2) is 4.39 Å². The molecule has 3 rings (SSSR count). The number of carbonyl (C=O) groups excluding carboxylic acids is 2. The van der Waals surface area contributed by atoms with Crippen LogP contribution in [0.25, 0.3) is 0 Å². The molecule has 2 unspecified atom stereocenters. The molecule has 0 bridgehead atoms. The van der Waals surface area contributed by atoms with Crippen molar-refractivity contribution in [1.29, 1.82) is 0 Å². The number of nitrogens with zero attached hydrogens (tertiary/aromatic N) is 1. The highest BCUT2D eigenvalue weighted by Gasteiger charge is 2.42. The summed E-state index contributed by atoms with van der Waals surface area (Å²) in [5.41, 5.74) is 1.49. The summed E-state index contributed by atoms with van der Waals surface area (Å²) in [4.78, 5) is 28.1. The monoisotopic (exact) mass is 456 g/mol. The number of hydrogen-bond donors (Lipinski definition) is 1. The predicted molar refractivity (Wildman–Crippen MR) is 125 cm³/mol. The quantitative estimate of drug-likeness (QED) is 0.680. The van der Waals surface area contributed by atoms with Crippen LogP contribution in [0.3, 0.4) is 0 Å². The summed E-state index contributed by atoms with van der Waals surface area (Å²) in [7, 11) is 3.18. The van der Waals surface area contributed by atoms with E-state index in [9.17, 15) is 14.0 Å². The fourth-order valence-corrected chi connectivity index (χ4v) is 4.21. The molecule has 1 aliphatic heterocycles. The van der Waals surface area contributed by atoms with Crippen molar-refractivity contribution in [3.05, 3.63) is 59.4 Å². The third-order valence-electron chi connectivity index (χ3n) is 5.91. The molecule has 0 aromatic heterocycles. The van der Waals surface area contributed by atoms with Gasteiger partial charge in [-0.1, -0.05) is 32.9 Å². The van der Waals surface area contributed by atoms with Crippen LogP contribution in [0.2, 0.25) is 0 Å². The van der Waals surface area contributed by atoms with Crippen molar-refractivity contribution in [1.82, 2.24) is 10.2 Å². The van der Waals surface area contributed by atoms with Crippen molar-refractivity contribution < 1.29 is 23.5 Å². The first-order valence-corrected chi connectivity index (χ1v) is 11.1. The Balaban J connectivity index is 1.86. The molecular formula is C26H33FN2O4. The number of ether oxygens (including phenoxy) is 2. The number of halogens is 1. The Hall–Kier alpha value is -3.09. The summed E-state index contributed by atoms with van der Waals surface area (Å²) in [6, 6.07) is 11.5. The van der Waals surface area contributed by atoms with E-state index in [1.165, 1.54) is 12.1 Å². The average Bonchev–Trinajstić information content (AvgIpc) is 3.22. The summed E-state index contributed by atoms with van der Waals surface area (Å²) in [5, 5.41) is 2.96. The van der Waals surface area contributed by atoms with Gasteiger partial charge in [0, 0.05) is 37.5 Å². The number of benzene rings is 2. The Morgan fingerprint density at radius 1 is 1.06 bits per heavy atom. The van der Waals surface area contributed by atoms with Crippen molar-refractivity contribution in [2.45, 2.75) is 39.7 Å². The van der Waals surface area contributed by atoms with Crippen LogP contribution >= 0.6 is 0 Å². The van der Waals surface area contributed by atoms with Crippen LogP contribution in [0, 0.1) is 17.2 Å². The lowest BCUT2D eigenvalue weighted by atomic mass is 9.87. The Morgan fingerprint density at radius 2 is 1.76 bits per heavy atom. The van der Waals surface area contributed by atoms with Gasteiger partial charge in [-0.05, 0) is 41.3 Å². The van der Waals surface area contributed by atoms with Crippen LogP contribution in [0.4, 0.5) is 4.39 Å². The second-order valence-corrected chi connectivity index (χ2v) is 9.70. The number of likely N-dealkylation sites (tertiary alicyclic amines) is 1. The molecule has 0 aliphatic carbocycles. The molecule has 2 atom stereocenters. The molecule has 1 saturated heterocycles. The number of methoxy groups -OCH3 is 2. The van der Waals surface area contributed by atoms with E-state index in [4.69, 9.17) is 9.47 Å². The van der Waals surface area contributed by atoms with Gasteiger partial charge in [-0.15, -0.1) is 0 Å². The number of hydrogen-bond acceptors (Lipinski definition) is 4. The first-order chi connectivity index (χ1) is 15.6. The van der Waals surface area contributed by atoms with E-state index in [-0.39, 0.29) is 35.5 Å². The minimum absolute atomic E-state index is 0.0307. The fraction of sp³-hybridized carbons (Fsp3) is 0.462. The minimum Gasteiger partial charge on any atom is -0.497 e. The van der Waals surface area contributed by atoms with E-state index in [0.29, 0.717) is 31.0 Å². The number of rotatable bonds is 7. The van der Waals surface area contributed by atoms with Crippen molar-refractivity contribution in [2.24, 2.45) is 11.3 Å². The molecule has 2 aromatic carbocycles. The zero-order valence-electron chi connectivity index (χ0n) is 20.0. The molecular weight excluding hydrogens is 423 g/mol. The molecule has 7 heteroatoms. The molecule has 6 nitrogen and oxygen atoms in total. The second-order valence-electron chi connectivity index (χ2n) is 9.70. The second kappa shape index (κ2) is 10.2. The smallest absolute Gasteiger partial charge is 0.225 e. The lowest BCUT2D eigenvalue weighted by Gasteiger charge is -2.23. The topological polar surface area (TPSA) is 67.9 Å². The molecule has 0 saturated carbocycles. The van der Waals surface area contributed by atoms with Gasteiger partial charge in [0.25, 0.3) is 0 Å². The van der Waals surface area contributed by atoms with Gasteiger partial charge in [0.1, 0.15) is 17.3 Å². The van der Waals surface area contributed by atoms with Crippen molar-refractivity contribution >= 4 is 11.8 Å². The fourth-order valence-electron chi connectivity index (χ4n) is 4.21. The third-order valence-corrected chi connectivity index (χ3v) is 5.91. The van der Waals surface area contributed by atoms with Gasteiger partial charge < -0.3 is 19.7 Å². The summed E-state index contributed by atoms with van der Waals surface area (Å²) in [6.07, 6.45) is 0.402. The zero-order chi connectivity index (χ0) is 24.2. The van der Waals surface area contributed by atoms with E-state index in [1.807, 2.05) is 39.0 Å². The maximum Gasteiger partial charge on any atom is 0.225 e. The molecule has 2 aromatic rings. The summed E-state index contributed by atoms with van der Waals surface area (Å²) in [5.74, 6) is 0.183. The zero-order valence-corrected chi connectivity index (χ0v) is 20.0. The van der Waals surface area contributed by atoms with Crippen molar-refractivity contribution in [3.63, 3.8) is 0 Å². The van der Waals surface area contributed by atoms with E-state index in [0.717, 1.165) is 11.1 Å². The highest BCUT2D eigenvalue weighted by molar-refractivity contribution is 5.83. The molecule has 33 heavy (non-hydrogen) atoms. The van der Waals surface area contributed by atoms with Crippen molar-refractivity contribution in [2.75, 3.05) is 27.3 Å². The molecule has 178 valence electrons.